The number of carbonyl (C=O) groups is 2. The third kappa shape index (κ3) is 4.55. The first kappa shape index (κ1) is 15.5. The van der Waals surface area contributed by atoms with Crippen LogP contribution in [0.2, 0.25) is 0 Å². The van der Waals surface area contributed by atoms with Gasteiger partial charge in [0.25, 0.3) is 0 Å². The summed E-state index contributed by atoms with van der Waals surface area (Å²) in [6, 6.07) is 3.31. The maximum absolute atomic E-state index is 11.5. The van der Waals surface area contributed by atoms with Crippen molar-refractivity contribution < 1.29 is 14.3 Å². The van der Waals surface area contributed by atoms with Crippen LogP contribution in [0.4, 0.5) is 5.69 Å². The number of ether oxygens (including phenoxy) is 1. The van der Waals surface area contributed by atoms with Crippen LogP contribution in [0.3, 0.4) is 0 Å². The summed E-state index contributed by atoms with van der Waals surface area (Å²) >= 11 is 3.28. The summed E-state index contributed by atoms with van der Waals surface area (Å²) in [6.45, 7) is 4.05. The smallest absolute Gasteiger partial charge is 0.223 e. The normalized spacial score (nSPS) is 10.1. The molecular weight excluding hydrogens is 312 g/mol. The van der Waals surface area contributed by atoms with E-state index in [-0.39, 0.29) is 24.7 Å². The molecule has 6 heteroatoms. The van der Waals surface area contributed by atoms with Crippen LogP contribution in [0.5, 0.6) is 5.75 Å². The predicted molar refractivity (Wildman–Crippen MR) is 77.4 cm³/mol. The van der Waals surface area contributed by atoms with Gasteiger partial charge in [0, 0.05) is 11.0 Å². The summed E-state index contributed by atoms with van der Waals surface area (Å²) in [6.07, 6.45) is 0.223. The fourth-order valence-electron chi connectivity index (χ4n) is 1.57. The first-order valence-corrected chi connectivity index (χ1v) is 6.74. The molecule has 0 unspecified atom stereocenters. The van der Waals surface area contributed by atoms with Crippen molar-refractivity contribution in [1.29, 1.82) is 0 Å². The summed E-state index contributed by atoms with van der Waals surface area (Å²) in [7, 11) is 0. The highest BCUT2D eigenvalue weighted by atomic mass is 79.9. The summed E-state index contributed by atoms with van der Waals surface area (Å²) in [5, 5.41) is 2.67. The number of nitrogens with one attached hydrogen (secondary N) is 1. The predicted octanol–water partition coefficient (Wildman–Crippen LogP) is 2.14. The molecule has 5 nitrogen and oxygen atoms in total. The van der Waals surface area contributed by atoms with Gasteiger partial charge in [-0.25, -0.2) is 0 Å². The molecule has 1 aromatic rings. The van der Waals surface area contributed by atoms with Crippen molar-refractivity contribution in [3.05, 3.63) is 22.2 Å². The molecule has 0 saturated carbocycles. The van der Waals surface area contributed by atoms with Gasteiger partial charge < -0.3 is 15.8 Å². The zero-order chi connectivity index (χ0) is 14.4. The first-order chi connectivity index (χ1) is 8.95. The monoisotopic (exact) mass is 328 g/mol. The lowest BCUT2D eigenvalue weighted by Gasteiger charge is -2.13. The van der Waals surface area contributed by atoms with E-state index < -0.39 is 0 Å². The van der Waals surface area contributed by atoms with Gasteiger partial charge in [0.2, 0.25) is 5.91 Å². The largest absolute Gasteiger partial charge is 0.490 e. The molecule has 0 aromatic heterocycles. The van der Waals surface area contributed by atoms with Crippen LogP contribution in [0.1, 0.15) is 30.6 Å². The number of ketones is 1. The molecule has 3 N–H and O–H groups in total. The highest BCUT2D eigenvalue weighted by molar-refractivity contribution is 9.10. The quantitative estimate of drug-likeness (QED) is 0.619. The molecule has 104 valence electrons. The molecule has 1 rings (SSSR count). The molecule has 19 heavy (non-hydrogen) atoms. The molecule has 0 bridgehead atoms. The minimum Gasteiger partial charge on any atom is -0.490 e. The lowest BCUT2D eigenvalue weighted by molar-refractivity contribution is -0.121. The van der Waals surface area contributed by atoms with Crippen LogP contribution in [0.15, 0.2) is 16.6 Å². The van der Waals surface area contributed by atoms with Gasteiger partial charge in [-0.3, -0.25) is 9.59 Å². The molecule has 1 aromatic carbocycles. The van der Waals surface area contributed by atoms with Crippen molar-refractivity contribution in [3.63, 3.8) is 0 Å². The van der Waals surface area contributed by atoms with Crippen LogP contribution < -0.4 is 15.8 Å². The number of rotatable bonds is 6. The Balaban J connectivity index is 2.77. The number of hydrogen-bond donors (Lipinski definition) is 2. The van der Waals surface area contributed by atoms with Gasteiger partial charge in [-0.05, 0) is 26.0 Å². The Kier molecular flexibility index (Phi) is 5.82. The van der Waals surface area contributed by atoms with Gasteiger partial charge in [-0.1, -0.05) is 15.9 Å². The highest BCUT2D eigenvalue weighted by Crippen LogP contribution is 2.31. The van der Waals surface area contributed by atoms with E-state index >= 15 is 0 Å². The van der Waals surface area contributed by atoms with E-state index in [1.165, 1.54) is 6.92 Å². The number of anilines is 1. The van der Waals surface area contributed by atoms with Crippen LogP contribution in [-0.2, 0) is 4.79 Å². The third-order valence-corrected chi connectivity index (χ3v) is 2.87. The summed E-state index contributed by atoms with van der Waals surface area (Å²) in [5.41, 5.74) is 6.60. The topological polar surface area (TPSA) is 81.4 Å². The van der Waals surface area contributed by atoms with Crippen molar-refractivity contribution in [3.8, 4) is 5.75 Å². The minimum atomic E-state index is -0.138. The minimum absolute atomic E-state index is 0.0949. The van der Waals surface area contributed by atoms with Crippen molar-refractivity contribution in [2.45, 2.75) is 20.3 Å². The van der Waals surface area contributed by atoms with Gasteiger partial charge in [0.15, 0.2) is 11.5 Å². The molecule has 0 fully saturated rings. The van der Waals surface area contributed by atoms with E-state index in [1.807, 2.05) is 6.92 Å². The SMILES string of the molecule is CCNC(=O)CCOc1c(N)cc(Br)cc1C(C)=O. The Morgan fingerprint density at radius 3 is 2.68 bits per heavy atom. The van der Waals surface area contributed by atoms with Crippen molar-refractivity contribution in [2.75, 3.05) is 18.9 Å². The average Bonchev–Trinajstić information content (AvgIpc) is 2.31. The Hall–Kier alpha value is -1.56. The van der Waals surface area contributed by atoms with Gasteiger partial charge in [0.1, 0.15) is 0 Å². The fraction of sp³-hybridized carbons (Fsp3) is 0.385. The maximum atomic E-state index is 11.5. The molecular formula is C13H17BrN2O3. The summed E-state index contributed by atoms with van der Waals surface area (Å²) in [4.78, 5) is 22.8. The van der Waals surface area contributed by atoms with Gasteiger partial charge in [-0.15, -0.1) is 0 Å². The van der Waals surface area contributed by atoms with Crippen LogP contribution >= 0.6 is 15.9 Å². The molecule has 0 radical (unpaired) electrons. The van der Waals surface area contributed by atoms with E-state index in [4.69, 9.17) is 10.5 Å². The van der Waals surface area contributed by atoms with Crippen LogP contribution in [-0.4, -0.2) is 24.8 Å². The highest BCUT2D eigenvalue weighted by Gasteiger charge is 2.14. The molecule has 0 aliphatic rings. The summed E-state index contributed by atoms with van der Waals surface area (Å²) in [5.74, 6) is 0.101. The number of halogens is 1. The van der Waals surface area contributed by atoms with Gasteiger partial charge in [0.05, 0.1) is 24.3 Å². The standard InChI is InChI=1S/C13H17BrN2O3/c1-3-16-12(18)4-5-19-13-10(8(2)17)6-9(14)7-11(13)15/h6-7H,3-5,15H2,1-2H3,(H,16,18). The molecule has 0 atom stereocenters. The number of Topliss-reactive ketones (excluding diaryl/α,β-unsaturated/α-hetero) is 1. The molecule has 0 heterocycles. The number of nitrogen functional groups attached to an aromatic ring is 1. The van der Waals surface area contributed by atoms with E-state index in [2.05, 4.69) is 21.2 Å². The van der Waals surface area contributed by atoms with E-state index in [0.29, 0.717) is 28.0 Å². The zero-order valence-electron chi connectivity index (χ0n) is 11.0. The van der Waals surface area contributed by atoms with Crippen molar-refractivity contribution in [2.24, 2.45) is 0 Å². The van der Waals surface area contributed by atoms with Crippen molar-refractivity contribution in [1.82, 2.24) is 5.32 Å². The Morgan fingerprint density at radius 2 is 2.11 bits per heavy atom. The Morgan fingerprint density at radius 1 is 1.42 bits per heavy atom. The van der Waals surface area contributed by atoms with Crippen LogP contribution in [0, 0.1) is 0 Å². The number of amides is 1. The van der Waals surface area contributed by atoms with Gasteiger partial charge >= 0.3 is 0 Å². The Labute approximate surface area is 120 Å². The zero-order valence-corrected chi connectivity index (χ0v) is 12.5. The fourth-order valence-corrected chi connectivity index (χ4v) is 2.04. The summed E-state index contributed by atoms with van der Waals surface area (Å²) < 4.78 is 6.19. The van der Waals surface area contributed by atoms with E-state index in [9.17, 15) is 9.59 Å². The van der Waals surface area contributed by atoms with Crippen molar-refractivity contribution >= 4 is 33.3 Å². The average molecular weight is 329 g/mol. The molecule has 0 saturated heterocycles. The lowest BCUT2D eigenvalue weighted by Crippen LogP contribution is -2.24. The molecule has 0 spiro atoms. The van der Waals surface area contributed by atoms with E-state index in [0.717, 1.165) is 0 Å². The second kappa shape index (κ2) is 7.13. The van der Waals surface area contributed by atoms with Gasteiger partial charge in [-0.2, -0.15) is 0 Å². The Bertz CT molecular complexity index is 489. The van der Waals surface area contributed by atoms with Crippen LogP contribution in [0.25, 0.3) is 0 Å². The second-order valence-corrected chi connectivity index (χ2v) is 4.90. The molecule has 0 aliphatic carbocycles. The van der Waals surface area contributed by atoms with E-state index in [1.54, 1.807) is 12.1 Å². The second-order valence-electron chi connectivity index (χ2n) is 3.98. The number of carbonyl (C=O) groups excluding carboxylic acids is 2. The third-order valence-electron chi connectivity index (χ3n) is 2.41. The first-order valence-electron chi connectivity index (χ1n) is 5.95. The number of nitrogens with two attached hydrogens (primary N) is 1. The lowest BCUT2D eigenvalue weighted by atomic mass is 10.1. The maximum Gasteiger partial charge on any atom is 0.223 e. The number of benzene rings is 1. The molecule has 0 aliphatic heterocycles. The molecule has 1 amide bonds. The number of hydrogen-bond acceptors (Lipinski definition) is 4.